The molecule has 50 heavy (non-hydrogen) atoms. The van der Waals surface area contributed by atoms with Crippen molar-refractivity contribution in [1.29, 1.82) is 0 Å². The van der Waals surface area contributed by atoms with Crippen LogP contribution in [0.15, 0.2) is 85.5 Å². The molecule has 0 aliphatic carbocycles. The molecule has 0 N–H and O–H groups in total. The molecule has 0 saturated carbocycles. The van der Waals surface area contributed by atoms with Gasteiger partial charge in [0.25, 0.3) is 11.8 Å². The van der Waals surface area contributed by atoms with E-state index >= 15 is 0 Å². The van der Waals surface area contributed by atoms with Gasteiger partial charge in [-0.15, -0.1) is 0 Å². The smallest absolute Gasteiger partial charge is 0.321 e. The number of methoxy groups -OCH3 is 1. The third-order valence-corrected chi connectivity index (χ3v) is 8.55. The molecular weight excluding hydrogens is 644 g/mol. The van der Waals surface area contributed by atoms with Crippen molar-refractivity contribution in [3.8, 4) is 0 Å². The van der Waals surface area contributed by atoms with Gasteiger partial charge in [0, 0.05) is 30.6 Å². The summed E-state index contributed by atoms with van der Waals surface area (Å²) in [4.78, 5) is 90.1. The molecule has 2 aromatic rings. The molecule has 0 bridgehead atoms. The number of hydrogen-bond acceptors (Lipinski definition) is 10. The first kappa shape index (κ1) is 39.1. The second kappa shape index (κ2) is 17.8. The minimum Gasteiger partial charge on any atom is -0.469 e. The van der Waals surface area contributed by atoms with Crippen molar-refractivity contribution in [2.75, 3.05) is 33.4 Å². The summed E-state index contributed by atoms with van der Waals surface area (Å²) in [5.41, 5.74) is -1.42. The number of esters is 3. The van der Waals surface area contributed by atoms with Crippen LogP contribution >= 0.6 is 0 Å². The minimum absolute atomic E-state index is 0.0568. The van der Waals surface area contributed by atoms with Gasteiger partial charge >= 0.3 is 17.9 Å². The minimum atomic E-state index is -1.58. The topological polar surface area (TPSA) is 154 Å². The van der Waals surface area contributed by atoms with Crippen molar-refractivity contribution >= 4 is 41.5 Å². The van der Waals surface area contributed by atoms with Crippen LogP contribution in [0.1, 0.15) is 73.1 Å². The van der Waals surface area contributed by atoms with Crippen LogP contribution in [-0.4, -0.2) is 84.7 Å². The lowest BCUT2D eigenvalue weighted by molar-refractivity contribution is -0.168. The lowest BCUT2D eigenvalue weighted by Gasteiger charge is -2.38. The van der Waals surface area contributed by atoms with Gasteiger partial charge in [-0.1, -0.05) is 55.6 Å². The first-order chi connectivity index (χ1) is 23.8. The molecule has 2 saturated heterocycles. The van der Waals surface area contributed by atoms with E-state index in [-0.39, 0.29) is 44.9 Å². The Balaban J connectivity index is 0.000000274. The van der Waals surface area contributed by atoms with Gasteiger partial charge in [-0.2, -0.15) is 0 Å². The summed E-state index contributed by atoms with van der Waals surface area (Å²) in [7, 11) is 1.24. The third kappa shape index (κ3) is 9.19. The van der Waals surface area contributed by atoms with Gasteiger partial charge in [0.15, 0.2) is 0 Å². The van der Waals surface area contributed by atoms with Crippen LogP contribution in [0.5, 0.6) is 0 Å². The largest absolute Gasteiger partial charge is 0.469 e. The third-order valence-electron chi connectivity index (χ3n) is 8.55. The zero-order chi connectivity index (χ0) is 36.9. The van der Waals surface area contributed by atoms with E-state index in [4.69, 9.17) is 9.47 Å². The molecule has 2 aromatic carbocycles. The second-order valence-electron chi connectivity index (χ2n) is 12.4. The number of carbonyl (C=O) groups excluding carboxylic acids is 7. The highest BCUT2D eigenvalue weighted by Gasteiger charge is 2.53. The lowest BCUT2D eigenvalue weighted by Crippen LogP contribution is -2.55. The van der Waals surface area contributed by atoms with E-state index in [0.29, 0.717) is 42.5 Å². The highest BCUT2D eigenvalue weighted by Crippen LogP contribution is 2.38. The molecular formula is C38H44N2O10. The van der Waals surface area contributed by atoms with Crippen molar-refractivity contribution in [3.63, 3.8) is 0 Å². The van der Waals surface area contributed by atoms with Crippen molar-refractivity contribution < 1.29 is 47.8 Å². The standard InChI is InChI=1S/C20H23NO6.C18H21NO4/c1-3-14-27-19(25)20(12-10-16(22)26-2)11-7-13-21(18(20)24)17(23)15-8-5-4-6-9-15;1-13(2)12-23-17(22)18(3)10-7-11-19(16(18)21)15(20)14-8-5-4-6-9-14/h3-6,8-9H,1,7,10-14H2,2H3;4-6,8-9H,1,7,10-12H2,2-3H3. The fraction of sp³-hybridized carbons (Fsp3) is 0.395. The maximum Gasteiger partial charge on any atom is 0.321 e. The monoisotopic (exact) mass is 688 g/mol. The van der Waals surface area contributed by atoms with Crippen molar-refractivity contribution in [3.05, 3.63) is 96.6 Å². The molecule has 4 rings (SSSR count). The van der Waals surface area contributed by atoms with E-state index in [1.165, 1.54) is 13.2 Å². The Kier molecular flexibility index (Phi) is 13.9. The summed E-state index contributed by atoms with van der Waals surface area (Å²) in [5.74, 6) is -3.87. The van der Waals surface area contributed by atoms with Gasteiger partial charge < -0.3 is 14.2 Å². The highest BCUT2D eigenvalue weighted by atomic mass is 16.5. The van der Waals surface area contributed by atoms with Crippen LogP contribution in [-0.2, 0) is 38.2 Å². The molecule has 2 fully saturated rings. The van der Waals surface area contributed by atoms with E-state index in [1.807, 2.05) is 0 Å². The van der Waals surface area contributed by atoms with Crippen LogP contribution in [0.3, 0.4) is 0 Å². The molecule has 12 nitrogen and oxygen atoms in total. The Morgan fingerprint density at radius 2 is 1.32 bits per heavy atom. The molecule has 266 valence electrons. The average Bonchev–Trinajstić information content (AvgIpc) is 3.13. The average molecular weight is 689 g/mol. The van der Waals surface area contributed by atoms with E-state index in [1.54, 1.807) is 74.5 Å². The second-order valence-corrected chi connectivity index (χ2v) is 12.4. The van der Waals surface area contributed by atoms with Crippen LogP contribution < -0.4 is 0 Å². The Labute approximate surface area is 292 Å². The van der Waals surface area contributed by atoms with Gasteiger partial charge in [0.2, 0.25) is 11.8 Å². The summed E-state index contributed by atoms with van der Waals surface area (Å²) < 4.78 is 14.9. The number of carbonyl (C=O) groups is 7. The van der Waals surface area contributed by atoms with Crippen molar-refractivity contribution in [2.45, 2.75) is 52.4 Å². The quantitative estimate of drug-likeness (QED) is 0.107. The van der Waals surface area contributed by atoms with Gasteiger partial charge in [-0.3, -0.25) is 43.4 Å². The van der Waals surface area contributed by atoms with E-state index < -0.39 is 46.5 Å². The molecule has 0 spiro atoms. The molecule has 2 atom stereocenters. The number of ether oxygens (including phenoxy) is 3. The van der Waals surface area contributed by atoms with Gasteiger partial charge in [-0.25, -0.2) is 0 Å². The zero-order valence-corrected chi connectivity index (χ0v) is 28.8. The fourth-order valence-electron chi connectivity index (χ4n) is 5.71. The molecule has 0 radical (unpaired) electrons. The predicted molar refractivity (Wildman–Crippen MR) is 182 cm³/mol. The summed E-state index contributed by atoms with van der Waals surface area (Å²) in [6.45, 7) is 11.0. The van der Waals surface area contributed by atoms with Crippen LogP contribution in [0.25, 0.3) is 0 Å². The summed E-state index contributed by atoms with van der Waals surface area (Å²) in [5, 5.41) is 0. The molecule has 2 heterocycles. The first-order valence-corrected chi connectivity index (χ1v) is 16.3. The van der Waals surface area contributed by atoms with Crippen LogP contribution in [0.4, 0.5) is 0 Å². The number of rotatable bonds is 11. The number of piperidine rings is 2. The Morgan fingerprint density at radius 3 is 1.82 bits per heavy atom. The van der Waals surface area contributed by atoms with E-state index in [2.05, 4.69) is 17.9 Å². The zero-order valence-electron chi connectivity index (χ0n) is 28.8. The molecule has 2 unspecified atom stereocenters. The number of hydrogen-bond donors (Lipinski definition) is 0. The fourth-order valence-corrected chi connectivity index (χ4v) is 5.71. The molecule has 0 aromatic heterocycles. The van der Waals surface area contributed by atoms with Crippen molar-refractivity contribution in [2.24, 2.45) is 10.8 Å². The maximum absolute atomic E-state index is 13.2. The van der Waals surface area contributed by atoms with Crippen LogP contribution in [0.2, 0.25) is 0 Å². The normalized spacial score (nSPS) is 20.1. The Morgan fingerprint density at radius 1 is 0.800 bits per heavy atom. The Hall–Kier alpha value is -5.39. The molecule has 2 aliphatic rings. The number of benzene rings is 2. The summed E-state index contributed by atoms with van der Waals surface area (Å²) >= 11 is 0. The van der Waals surface area contributed by atoms with Gasteiger partial charge in [0.05, 0.1) is 7.11 Å². The van der Waals surface area contributed by atoms with Gasteiger partial charge in [-0.05, 0) is 75.8 Å². The van der Waals surface area contributed by atoms with E-state index in [0.717, 1.165) is 9.80 Å². The first-order valence-electron chi connectivity index (χ1n) is 16.3. The molecule has 12 heteroatoms. The molecule has 4 amide bonds. The summed E-state index contributed by atoms with van der Waals surface area (Å²) in [6.07, 6.45) is 2.78. The predicted octanol–water partition coefficient (Wildman–Crippen LogP) is 4.69. The lowest BCUT2D eigenvalue weighted by atomic mass is 9.75. The summed E-state index contributed by atoms with van der Waals surface area (Å²) in [6, 6.07) is 17.0. The maximum atomic E-state index is 13.2. The number of imide groups is 2. The van der Waals surface area contributed by atoms with Crippen LogP contribution in [0, 0.1) is 10.8 Å². The highest BCUT2D eigenvalue weighted by molar-refractivity contribution is 6.13. The van der Waals surface area contributed by atoms with E-state index in [9.17, 15) is 33.6 Å². The Bertz CT molecular complexity index is 1610. The van der Waals surface area contributed by atoms with Crippen molar-refractivity contribution in [1.82, 2.24) is 9.80 Å². The molecule has 2 aliphatic heterocycles. The van der Waals surface area contributed by atoms with Gasteiger partial charge in [0.1, 0.15) is 24.0 Å². The number of nitrogens with zero attached hydrogens (tertiary/aromatic N) is 2. The number of likely N-dealkylation sites (tertiary alicyclic amines) is 2. The SMILES string of the molecule is C=C(C)COC(=O)C1(C)CCCN(C(=O)c2ccccc2)C1=O.C=CCOC(=O)C1(CCC(=O)OC)CCCN(C(=O)c2ccccc2)C1=O. The number of amides is 4.